The van der Waals surface area contributed by atoms with Crippen LogP contribution in [0.25, 0.3) is 5.65 Å². The number of fused-ring (bicyclic) bond motifs is 2. The van der Waals surface area contributed by atoms with Crippen LogP contribution in [-0.4, -0.2) is 47.6 Å². The second-order valence-electron chi connectivity index (χ2n) is 7.27. The van der Waals surface area contributed by atoms with Gasteiger partial charge in [0.25, 0.3) is 5.91 Å². The highest BCUT2D eigenvalue weighted by Crippen LogP contribution is 2.40. The maximum Gasteiger partial charge on any atom is 0.424 e. The normalized spacial score (nSPS) is 19.3. The summed E-state index contributed by atoms with van der Waals surface area (Å²) in [5, 5.41) is 10.0. The topological polar surface area (TPSA) is 75.7 Å². The van der Waals surface area contributed by atoms with E-state index in [-0.39, 0.29) is 18.8 Å². The first kappa shape index (κ1) is 19.4. The van der Waals surface area contributed by atoms with Gasteiger partial charge in [-0.05, 0) is 26.0 Å². The number of carbonyl (C=O) groups is 1. The van der Waals surface area contributed by atoms with Crippen molar-refractivity contribution in [3.63, 3.8) is 0 Å². The van der Waals surface area contributed by atoms with Crippen LogP contribution in [0.3, 0.4) is 0 Å². The smallest absolute Gasteiger partial charge is 0.374 e. The van der Waals surface area contributed by atoms with Crippen molar-refractivity contribution in [2.45, 2.75) is 38.2 Å². The van der Waals surface area contributed by atoms with E-state index in [1.807, 2.05) is 0 Å². The van der Waals surface area contributed by atoms with Crippen LogP contribution < -0.4 is 0 Å². The highest BCUT2D eigenvalue weighted by atomic mass is 19.4. The third-order valence-electron chi connectivity index (χ3n) is 5.11. The number of aliphatic hydroxyl groups is 1. The second kappa shape index (κ2) is 6.28. The Kier molecular flexibility index (Phi) is 4.19. The van der Waals surface area contributed by atoms with Gasteiger partial charge in [-0.2, -0.15) is 13.2 Å². The maximum absolute atomic E-state index is 13.6. The minimum absolute atomic E-state index is 0.00728. The van der Waals surface area contributed by atoms with Crippen molar-refractivity contribution in [3.8, 4) is 0 Å². The first-order valence-electron chi connectivity index (χ1n) is 8.78. The Morgan fingerprint density at radius 2 is 1.97 bits per heavy atom. The quantitative estimate of drug-likeness (QED) is 0.658. The van der Waals surface area contributed by atoms with Crippen LogP contribution in [0.5, 0.6) is 0 Å². The molecule has 2 atom stereocenters. The third kappa shape index (κ3) is 2.96. The van der Waals surface area contributed by atoms with Crippen molar-refractivity contribution >= 4 is 11.6 Å². The summed E-state index contributed by atoms with van der Waals surface area (Å²) in [4.78, 5) is 22.3. The number of aromatic nitrogens is 4. The van der Waals surface area contributed by atoms with Gasteiger partial charge in [-0.3, -0.25) is 9.20 Å². The van der Waals surface area contributed by atoms with Crippen molar-refractivity contribution in [1.82, 2.24) is 23.8 Å². The van der Waals surface area contributed by atoms with Gasteiger partial charge in [0.1, 0.15) is 17.2 Å². The molecule has 0 radical (unpaired) electrons. The number of pyridine rings is 1. The first-order chi connectivity index (χ1) is 13.5. The summed E-state index contributed by atoms with van der Waals surface area (Å²) in [5.74, 6) is -1.49. The van der Waals surface area contributed by atoms with E-state index in [4.69, 9.17) is 0 Å². The van der Waals surface area contributed by atoms with Crippen LogP contribution in [0.2, 0.25) is 0 Å². The summed E-state index contributed by atoms with van der Waals surface area (Å²) in [6, 6.07) is 2.10. The molecular weight excluding hydrogens is 394 g/mol. The lowest BCUT2D eigenvalue weighted by atomic mass is 10.0. The van der Waals surface area contributed by atoms with E-state index in [1.165, 1.54) is 38.4 Å². The summed E-state index contributed by atoms with van der Waals surface area (Å²) in [6.45, 7) is 2.37. The number of hydrogen-bond acceptors (Lipinski definition) is 4. The molecule has 3 aromatic rings. The number of imidazole rings is 2. The Morgan fingerprint density at radius 3 is 2.66 bits per heavy atom. The molecule has 11 heteroatoms. The van der Waals surface area contributed by atoms with Crippen molar-refractivity contribution in [3.05, 3.63) is 53.8 Å². The summed E-state index contributed by atoms with van der Waals surface area (Å²) in [5.41, 5.74) is -2.22. The van der Waals surface area contributed by atoms with E-state index in [0.29, 0.717) is 18.3 Å². The zero-order chi connectivity index (χ0) is 21.1. The molecule has 4 rings (SSSR count). The van der Waals surface area contributed by atoms with Crippen LogP contribution in [0.1, 0.15) is 41.9 Å². The van der Waals surface area contributed by atoms with E-state index in [1.54, 1.807) is 6.92 Å². The zero-order valence-electron chi connectivity index (χ0n) is 15.5. The number of carbonyl (C=O) groups excluding carboxylic acids is 1. The molecule has 1 aliphatic rings. The van der Waals surface area contributed by atoms with Crippen molar-refractivity contribution in [1.29, 1.82) is 0 Å². The Balaban J connectivity index is 1.68. The molecule has 1 aliphatic heterocycles. The number of alkyl halides is 3. The molecule has 1 unspecified atom stereocenters. The molecule has 0 saturated carbocycles. The Labute approximate surface area is 162 Å². The molecule has 29 heavy (non-hydrogen) atoms. The van der Waals surface area contributed by atoms with Gasteiger partial charge in [-0.1, -0.05) is 0 Å². The molecule has 0 aliphatic carbocycles. The number of rotatable bonds is 2. The van der Waals surface area contributed by atoms with E-state index in [9.17, 15) is 27.5 Å². The van der Waals surface area contributed by atoms with Crippen molar-refractivity contribution in [2.75, 3.05) is 6.54 Å². The van der Waals surface area contributed by atoms with Crippen molar-refractivity contribution < 1.29 is 27.5 Å². The molecule has 1 amide bonds. The van der Waals surface area contributed by atoms with Gasteiger partial charge in [-0.25, -0.2) is 14.4 Å². The van der Waals surface area contributed by atoms with Crippen LogP contribution >= 0.6 is 0 Å². The van der Waals surface area contributed by atoms with Gasteiger partial charge in [0, 0.05) is 12.7 Å². The molecule has 0 bridgehead atoms. The lowest BCUT2D eigenvalue weighted by molar-refractivity contribution is -0.263. The molecule has 1 N–H and O–H groups in total. The van der Waals surface area contributed by atoms with E-state index < -0.39 is 35.4 Å². The van der Waals surface area contributed by atoms with Crippen LogP contribution in [-0.2, 0) is 12.1 Å². The van der Waals surface area contributed by atoms with Gasteiger partial charge in [0.2, 0.25) is 5.60 Å². The number of amides is 1. The van der Waals surface area contributed by atoms with Crippen LogP contribution in [0.4, 0.5) is 17.6 Å². The van der Waals surface area contributed by atoms with E-state index >= 15 is 0 Å². The highest BCUT2D eigenvalue weighted by Gasteiger charge is 2.55. The number of halogens is 4. The van der Waals surface area contributed by atoms with Gasteiger partial charge in [-0.15, -0.1) is 0 Å². The molecule has 4 heterocycles. The minimum atomic E-state index is -4.90. The summed E-state index contributed by atoms with van der Waals surface area (Å²) in [7, 11) is 0. The third-order valence-corrected chi connectivity index (χ3v) is 5.11. The van der Waals surface area contributed by atoms with E-state index in [0.717, 1.165) is 6.20 Å². The van der Waals surface area contributed by atoms with Crippen LogP contribution in [0.15, 0.2) is 30.7 Å². The van der Waals surface area contributed by atoms with E-state index in [2.05, 4.69) is 9.97 Å². The molecule has 7 nitrogen and oxygen atoms in total. The standard InChI is InChI=1S/C18H17F4N5O2/c1-10-7-25(15(28)13-6-23-14-4-3-11(19)8-26(13)14)9-12-5-24-16(27(10)12)17(2,29)18(20,21)22/h3-6,8,10,29H,7,9H2,1-2H3/t10-,17?/m0/s1. The molecule has 0 spiro atoms. The molecule has 154 valence electrons. The first-order valence-corrected chi connectivity index (χ1v) is 8.78. The fraction of sp³-hybridized carbons (Fsp3) is 0.389. The molecular formula is C18H17F4N5O2. The van der Waals surface area contributed by atoms with Gasteiger partial charge in [0.15, 0.2) is 5.82 Å². The fourth-order valence-corrected chi connectivity index (χ4v) is 3.58. The average molecular weight is 411 g/mol. The minimum Gasteiger partial charge on any atom is -0.374 e. The average Bonchev–Trinajstić information content (AvgIpc) is 3.24. The molecule has 0 aromatic carbocycles. The predicted octanol–water partition coefficient (Wildman–Crippen LogP) is 2.66. The number of hydrogen-bond donors (Lipinski definition) is 1. The maximum atomic E-state index is 13.6. The Bertz CT molecular complexity index is 1100. The molecule has 0 fully saturated rings. The SMILES string of the molecule is C[C@H]1CN(C(=O)c2cnc3ccc(F)cn23)Cc2cnc(C(C)(O)C(F)(F)F)n21. The predicted molar refractivity (Wildman–Crippen MR) is 92.5 cm³/mol. The molecule has 3 aromatic heterocycles. The monoisotopic (exact) mass is 411 g/mol. The summed E-state index contributed by atoms with van der Waals surface area (Å²) >= 11 is 0. The zero-order valence-corrected chi connectivity index (χ0v) is 15.5. The van der Waals surface area contributed by atoms with Gasteiger partial charge < -0.3 is 14.6 Å². The lowest BCUT2D eigenvalue weighted by Gasteiger charge is -2.36. The Morgan fingerprint density at radius 1 is 1.24 bits per heavy atom. The Hall–Kier alpha value is -2.95. The van der Waals surface area contributed by atoms with Gasteiger partial charge >= 0.3 is 6.18 Å². The summed E-state index contributed by atoms with van der Waals surface area (Å²) < 4.78 is 56.0. The fourth-order valence-electron chi connectivity index (χ4n) is 3.58. The summed E-state index contributed by atoms with van der Waals surface area (Å²) in [6.07, 6.45) is -1.21. The lowest BCUT2D eigenvalue weighted by Crippen LogP contribution is -2.45. The van der Waals surface area contributed by atoms with Crippen LogP contribution in [0, 0.1) is 5.82 Å². The van der Waals surface area contributed by atoms with Crippen molar-refractivity contribution in [2.24, 2.45) is 0 Å². The number of nitrogens with zero attached hydrogens (tertiary/aromatic N) is 5. The molecule has 0 saturated heterocycles. The second-order valence-corrected chi connectivity index (χ2v) is 7.27. The highest BCUT2D eigenvalue weighted by molar-refractivity contribution is 5.93. The van der Waals surface area contributed by atoms with Gasteiger partial charge in [0.05, 0.1) is 30.7 Å². The largest absolute Gasteiger partial charge is 0.424 e.